The summed E-state index contributed by atoms with van der Waals surface area (Å²) in [6.45, 7) is 3.32. The Balaban J connectivity index is 1.71. The largest absolute Gasteiger partial charge is 0.354 e. The van der Waals surface area contributed by atoms with Crippen LogP contribution in [0.15, 0.2) is 24.5 Å². The van der Waals surface area contributed by atoms with Crippen molar-refractivity contribution in [2.75, 3.05) is 33.2 Å². The first-order chi connectivity index (χ1) is 8.75. The highest BCUT2D eigenvalue weighted by molar-refractivity contribution is 5.82. The minimum absolute atomic E-state index is 0.0822. The number of carbonyl (C=O) groups is 1. The fraction of sp³-hybridized carbons (Fsp3) is 0.538. The quantitative estimate of drug-likeness (QED) is 0.764. The summed E-state index contributed by atoms with van der Waals surface area (Å²) in [4.78, 5) is 18.1. The summed E-state index contributed by atoms with van der Waals surface area (Å²) < 4.78 is 0. The van der Waals surface area contributed by atoms with Crippen LogP contribution in [0.3, 0.4) is 0 Å². The lowest BCUT2D eigenvalue weighted by Gasteiger charge is -2.29. The molecule has 1 saturated heterocycles. The van der Waals surface area contributed by atoms with Crippen LogP contribution in [-0.4, -0.2) is 55.1 Å². The van der Waals surface area contributed by atoms with E-state index in [2.05, 4.69) is 20.5 Å². The minimum Gasteiger partial charge on any atom is -0.354 e. The van der Waals surface area contributed by atoms with Crippen molar-refractivity contribution in [1.29, 1.82) is 0 Å². The fourth-order valence-electron chi connectivity index (χ4n) is 2.08. The third-order valence-corrected chi connectivity index (χ3v) is 3.16. The second kappa shape index (κ2) is 6.47. The van der Waals surface area contributed by atoms with Crippen molar-refractivity contribution in [3.05, 3.63) is 30.1 Å². The Kier molecular flexibility index (Phi) is 4.66. The van der Waals surface area contributed by atoms with E-state index >= 15 is 0 Å². The van der Waals surface area contributed by atoms with E-state index in [0.717, 1.165) is 26.1 Å². The molecule has 1 aliphatic rings. The first-order valence-corrected chi connectivity index (χ1v) is 6.34. The zero-order valence-electron chi connectivity index (χ0n) is 10.7. The van der Waals surface area contributed by atoms with Crippen LogP contribution in [-0.2, 0) is 11.2 Å². The van der Waals surface area contributed by atoms with Crippen LogP contribution in [0, 0.1) is 0 Å². The summed E-state index contributed by atoms with van der Waals surface area (Å²) in [5, 5.41) is 6.21. The van der Waals surface area contributed by atoms with Gasteiger partial charge in [0.2, 0.25) is 5.91 Å². The van der Waals surface area contributed by atoms with Gasteiger partial charge in [-0.05, 0) is 31.2 Å². The molecule has 2 N–H and O–H groups in total. The predicted octanol–water partition coefficient (Wildman–Crippen LogP) is -0.356. The molecule has 0 radical (unpaired) electrons. The molecular weight excluding hydrogens is 228 g/mol. The number of amides is 1. The second-order valence-corrected chi connectivity index (χ2v) is 4.67. The Bertz CT molecular complexity index is 382. The molecule has 1 fully saturated rings. The molecule has 0 aliphatic carbocycles. The maximum atomic E-state index is 11.9. The van der Waals surface area contributed by atoms with Gasteiger partial charge in [0.25, 0.3) is 0 Å². The molecule has 1 atom stereocenters. The topological polar surface area (TPSA) is 57.3 Å². The van der Waals surface area contributed by atoms with E-state index in [-0.39, 0.29) is 11.9 Å². The van der Waals surface area contributed by atoms with E-state index < -0.39 is 0 Å². The Morgan fingerprint density at radius 3 is 3.06 bits per heavy atom. The van der Waals surface area contributed by atoms with Gasteiger partial charge in [0.05, 0.1) is 6.04 Å². The van der Waals surface area contributed by atoms with Crippen LogP contribution in [0.25, 0.3) is 0 Å². The van der Waals surface area contributed by atoms with Crippen LogP contribution in [0.4, 0.5) is 0 Å². The molecular formula is C13H20N4O. The zero-order valence-corrected chi connectivity index (χ0v) is 10.7. The van der Waals surface area contributed by atoms with E-state index in [1.54, 1.807) is 12.4 Å². The molecule has 2 rings (SSSR count). The summed E-state index contributed by atoms with van der Waals surface area (Å²) in [6, 6.07) is 3.86. The number of carbonyl (C=O) groups excluding carboxylic acids is 1. The molecule has 5 heteroatoms. The first-order valence-electron chi connectivity index (χ1n) is 6.34. The Labute approximate surface area is 108 Å². The van der Waals surface area contributed by atoms with Gasteiger partial charge in [0, 0.05) is 38.6 Å². The monoisotopic (exact) mass is 248 g/mol. The third kappa shape index (κ3) is 3.78. The molecule has 1 aliphatic heterocycles. The average Bonchev–Trinajstić information content (AvgIpc) is 2.40. The van der Waals surface area contributed by atoms with Gasteiger partial charge in [-0.1, -0.05) is 0 Å². The summed E-state index contributed by atoms with van der Waals surface area (Å²) in [5.41, 5.74) is 1.19. The van der Waals surface area contributed by atoms with Gasteiger partial charge in [-0.15, -0.1) is 0 Å². The summed E-state index contributed by atoms with van der Waals surface area (Å²) in [7, 11) is 2.04. The van der Waals surface area contributed by atoms with Crippen molar-refractivity contribution in [1.82, 2.24) is 20.5 Å². The average molecular weight is 248 g/mol. The third-order valence-electron chi connectivity index (χ3n) is 3.16. The minimum atomic E-state index is -0.0822. The van der Waals surface area contributed by atoms with Gasteiger partial charge in [-0.2, -0.15) is 0 Å². The number of hydrogen-bond acceptors (Lipinski definition) is 4. The van der Waals surface area contributed by atoms with Gasteiger partial charge in [-0.25, -0.2) is 0 Å². The second-order valence-electron chi connectivity index (χ2n) is 4.67. The van der Waals surface area contributed by atoms with Crippen molar-refractivity contribution < 1.29 is 4.79 Å². The Morgan fingerprint density at radius 1 is 1.56 bits per heavy atom. The number of piperazine rings is 1. The lowest BCUT2D eigenvalue weighted by Crippen LogP contribution is -2.56. The van der Waals surface area contributed by atoms with E-state index in [0.29, 0.717) is 6.54 Å². The number of rotatable bonds is 4. The Morgan fingerprint density at radius 2 is 2.33 bits per heavy atom. The predicted molar refractivity (Wildman–Crippen MR) is 70.2 cm³/mol. The maximum absolute atomic E-state index is 11.9. The lowest BCUT2D eigenvalue weighted by molar-refractivity contribution is -0.124. The SMILES string of the molecule is CN1CCNC(C(=O)NCCc2ccncc2)C1. The van der Waals surface area contributed by atoms with Crippen LogP contribution >= 0.6 is 0 Å². The van der Waals surface area contributed by atoms with Crippen LogP contribution in [0.2, 0.25) is 0 Å². The number of aromatic nitrogens is 1. The van der Waals surface area contributed by atoms with Crippen molar-refractivity contribution >= 4 is 5.91 Å². The van der Waals surface area contributed by atoms with Gasteiger partial charge >= 0.3 is 0 Å². The molecule has 2 heterocycles. The van der Waals surface area contributed by atoms with Crippen LogP contribution in [0.1, 0.15) is 5.56 Å². The molecule has 1 aromatic heterocycles. The Hall–Kier alpha value is -1.46. The standard InChI is InChI=1S/C13H20N4O/c1-17-9-8-15-12(10-17)13(18)16-7-4-11-2-5-14-6-3-11/h2-3,5-6,12,15H,4,7-10H2,1H3,(H,16,18). The maximum Gasteiger partial charge on any atom is 0.238 e. The molecule has 0 saturated carbocycles. The fourth-order valence-corrected chi connectivity index (χ4v) is 2.08. The number of hydrogen-bond donors (Lipinski definition) is 2. The van der Waals surface area contributed by atoms with Crippen molar-refractivity contribution in [3.8, 4) is 0 Å². The highest BCUT2D eigenvalue weighted by Gasteiger charge is 2.22. The number of nitrogens with one attached hydrogen (secondary N) is 2. The molecule has 1 aromatic rings. The van der Waals surface area contributed by atoms with Crippen molar-refractivity contribution in [3.63, 3.8) is 0 Å². The van der Waals surface area contributed by atoms with Gasteiger partial charge in [0.15, 0.2) is 0 Å². The smallest absolute Gasteiger partial charge is 0.238 e. The van der Waals surface area contributed by atoms with Gasteiger partial charge in [-0.3, -0.25) is 9.78 Å². The van der Waals surface area contributed by atoms with Crippen LogP contribution < -0.4 is 10.6 Å². The summed E-state index contributed by atoms with van der Waals surface area (Å²) >= 11 is 0. The highest BCUT2D eigenvalue weighted by atomic mass is 16.2. The molecule has 5 nitrogen and oxygen atoms in total. The number of likely N-dealkylation sites (N-methyl/N-ethyl adjacent to an activating group) is 1. The van der Waals surface area contributed by atoms with Crippen LogP contribution in [0.5, 0.6) is 0 Å². The summed E-state index contributed by atoms with van der Waals surface area (Å²) in [6.07, 6.45) is 4.39. The van der Waals surface area contributed by atoms with Gasteiger partial charge < -0.3 is 15.5 Å². The molecule has 0 spiro atoms. The van der Waals surface area contributed by atoms with E-state index in [4.69, 9.17) is 0 Å². The molecule has 98 valence electrons. The number of nitrogens with zero attached hydrogens (tertiary/aromatic N) is 2. The molecule has 0 aromatic carbocycles. The molecule has 0 bridgehead atoms. The van der Waals surface area contributed by atoms with Crippen molar-refractivity contribution in [2.24, 2.45) is 0 Å². The summed E-state index contributed by atoms with van der Waals surface area (Å²) in [5.74, 6) is 0.0932. The first kappa shape index (κ1) is 13.0. The van der Waals surface area contributed by atoms with Crippen molar-refractivity contribution in [2.45, 2.75) is 12.5 Å². The molecule has 1 amide bonds. The zero-order chi connectivity index (χ0) is 12.8. The van der Waals surface area contributed by atoms with E-state index in [1.165, 1.54) is 5.56 Å². The molecule has 18 heavy (non-hydrogen) atoms. The number of pyridine rings is 1. The van der Waals surface area contributed by atoms with E-state index in [1.807, 2.05) is 19.2 Å². The van der Waals surface area contributed by atoms with Gasteiger partial charge in [0.1, 0.15) is 0 Å². The lowest BCUT2D eigenvalue weighted by atomic mass is 10.2. The molecule has 1 unspecified atom stereocenters. The normalized spacial score (nSPS) is 20.6. The highest BCUT2D eigenvalue weighted by Crippen LogP contribution is 1.98. The van der Waals surface area contributed by atoms with E-state index in [9.17, 15) is 4.79 Å².